The van der Waals surface area contributed by atoms with Crippen molar-refractivity contribution in [2.75, 3.05) is 25.4 Å². The van der Waals surface area contributed by atoms with Crippen LogP contribution in [0.15, 0.2) is 23.1 Å². The van der Waals surface area contributed by atoms with E-state index >= 15 is 0 Å². The Morgan fingerprint density at radius 3 is 2.57 bits per heavy atom. The van der Waals surface area contributed by atoms with E-state index in [1.165, 1.54) is 31.0 Å². The van der Waals surface area contributed by atoms with Gasteiger partial charge in [-0.05, 0) is 63.5 Å². The standard InChI is InChI=1S/C15H21NO4S/c1-12-13(15(17)18)6-4-7-14(12)21(19,20)11-5-10-16-8-2-3-9-16/h4,6-7H,2-3,5,8-11H2,1H3,(H,17,18). The zero-order chi connectivity index (χ0) is 15.5. The highest BCUT2D eigenvalue weighted by atomic mass is 32.2. The molecule has 1 aliphatic heterocycles. The normalized spacial score (nSPS) is 16.2. The minimum atomic E-state index is -3.43. The average Bonchev–Trinajstić information content (AvgIpc) is 2.91. The molecule has 1 heterocycles. The van der Waals surface area contributed by atoms with Crippen LogP contribution in [0.3, 0.4) is 0 Å². The first-order chi connectivity index (χ1) is 9.92. The molecule has 0 saturated carbocycles. The number of carboxylic acids is 1. The third-order valence-corrected chi connectivity index (χ3v) is 5.87. The van der Waals surface area contributed by atoms with Crippen molar-refractivity contribution in [2.24, 2.45) is 0 Å². The summed E-state index contributed by atoms with van der Waals surface area (Å²) in [5, 5.41) is 9.07. The van der Waals surface area contributed by atoms with Crippen LogP contribution in [0.2, 0.25) is 0 Å². The molecule has 1 fully saturated rings. The fourth-order valence-corrected chi connectivity index (χ4v) is 4.37. The monoisotopic (exact) mass is 311 g/mol. The van der Waals surface area contributed by atoms with Crippen LogP contribution in [0, 0.1) is 6.92 Å². The molecule has 0 amide bonds. The van der Waals surface area contributed by atoms with Gasteiger partial charge in [0.25, 0.3) is 0 Å². The lowest BCUT2D eigenvalue weighted by Gasteiger charge is -2.15. The maximum atomic E-state index is 12.4. The highest BCUT2D eigenvalue weighted by molar-refractivity contribution is 7.91. The van der Waals surface area contributed by atoms with E-state index in [9.17, 15) is 13.2 Å². The first-order valence-corrected chi connectivity index (χ1v) is 8.85. The van der Waals surface area contributed by atoms with Crippen molar-refractivity contribution in [2.45, 2.75) is 31.1 Å². The first kappa shape index (κ1) is 16.0. The van der Waals surface area contributed by atoms with Crippen LogP contribution in [0.4, 0.5) is 0 Å². The predicted molar refractivity (Wildman–Crippen MR) is 80.5 cm³/mol. The fourth-order valence-electron chi connectivity index (χ4n) is 2.78. The number of likely N-dealkylation sites (tertiary alicyclic amines) is 1. The third-order valence-electron chi connectivity index (χ3n) is 3.94. The predicted octanol–water partition coefficient (Wildman–Crippen LogP) is 1.95. The van der Waals surface area contributed by atoms with Crippen molar-refractivity contribution in [1.82, 2.24) is 4.90 Å². The molecule has 6 heteroatoms. The Balaban J connectivity index is 2.08. The molecule has 116 valence electrons. The molecule has 1 N–H and O–H groups in total. The maximum absolute atomic E-state index is 12.4. The van der Waals surface area contributed by atoms with Crippen LogP contribution in [0.1, 0.15) is 35.2 Å². The molecular formula is C15H21NO4S. The Morgan fingerprint density at radius 2 is 1.95 bits per heavy atom. The molecule has 5 nitrogen and oxygen atoms in total. The number of aromatic carboxylic acids is 1. The van der Waals surface area contributed by atoms with Gasteiger partial charge in [-0.3, -0.25) is 0 Å². The van der Waals surface area contributed by atoms with Crippen LogP contribution < -0.4 is 0 Å². The summed E-state index contributed by atoms with van der Waals surface area (Å²) in [4.78, 5) is 13.5. The van der Waals surface area contributed by atoms with E-state index in [1.807, 2.05) is 0 Å². The van der Waals surface area contributed by atoms with Gasteiger partial charge in [0.1, 0.15) is 0 Å². The van der Waals surface area contributed by atoms with Gasteiger partial charge >= 0.3 is 5.97 Å². The Labute approximate surface area is 125 Å². The van der Waals surface area contributed by atoms with Crippen molar-refractivity contribution in [3.05, 3.63) is 29.3 Å². The number of sulfone groups is 1. The van der Waals surface area contributed by atoms with Gasteiger partial charge in [0, 0.05) is 0 Å². The van der Waals surface area contributed by atoms with Gasteiger partial charge in [-0.15, -0.1) is 0 Å². The van der Waals surface area contributed by atoms with Gasteiger partial charge in [-0.25, -0.2) is 13.2 Å². The lowest BCUT2D eigenvalue weighted by Crippen LogP contribution is -2.23. The minimum Gasteiger partial charge on any atom is -0.478 e. The summed E-state index contributed by atoms with van der Waals surface area (Å²) < 4.78 is 24.8. The van der Waals surface area contributed by atoms with Crippen molar-refractivity contribution in [3.8, 4) is 0 Å². The summed E-state index contributed by atoms with van der Waals surface area (Å²) in [5.74, 6) is -1.03. The van der Waals surface area contributed by atoms with E-state index in [1.54, 1.807) is 6.92 Å². The molecule has 1 saturated heterocycles. The second-order valence-electron chi connectivity index (χ2n) is 5.46. The summed E-state index contributed by atoms with van der Waals surface area (Å²) in [6.45, 7) is 4.44. The van der Waals surface area contributed by atoms with E-state index in [2.05, 4.69) is 4.90 Å². The van der Waals surface area contributed by atoms with Gasteiger partial charge in [-0.1, -0.05) is 6.07 Å². The molecular weight excluding hydrogens is 290 g/mol. The summed E-state index contributed by atoms with van der Waals surface area (Å²) >= 11 is 0. The molecule has 0 aromatic heterocycles. The molecule has 0 atom stereocenters. The highest BCUT2D eigenvalue weighted by Crippen LogP contribution is 2.21. The maximum Gasteiger partial charge on any atom is 0.335 e. The number of hydrogen-bond acceptors (Lipinski definition) is 4. The highest BCUT2D eigenvalue weighted by Gasteiger charge is 2.21. The Hall–Kier alpha value is -1.40. The summed E-state index contributed by atoms with van der Waals surface area (Å²) in [6.07, 6.45) is 2.96. The quantitative estimate of drug-likeness (QED) is 0.869. The van der Waals surface area contributed by atoms with Gasteiger partial charge in [0.2, 0.25) is 0 Å². The molecule has 0 aliphatic carbocycles. The molecule has 21 heavy (non-hydrogen) atoms. The zero-order valence-electron chi connectivity index (χ0n) is 12.2. The molecule has 0 unspecified atom stereocenters. The molecule has 0 radical (unpaired) electrons. The Morgan fingerprint density at radius 1 is 1.29 bits per heavy atom. The van der Waals surface area contributed by atoms with Gasteiger partial charge in [0.15, 0.2) is 9.84 Å². The summed E-state index contributed by atoms with van der Waals surface area (Å²) in [6, 6.07) is 4.41. The van der Waals surface area contributed by atoms with Crippen molar-refractivity contribution < 1.29 is 18.3 Å². The molecule has 1 aromatic rings. The van der Waals surface area contributed by atoms with Gasteiger partial charge in [0.05, 0.1) is 16.2 Å². The van der Waals surface area contributed by atoms with E-state index < -0.39 is 15.8 Å². The Kier molecular flexibility index (Phi) is 5.00. The molecule has 0 bridgehead atoms. The minimum absolute atomic E-state index is 0.0515. The van der Waals surface area contributed by atoms with Crippen LogP contribution in [0.25, 0.3) is 0 Å². The molecule has 2 rings (SSSR count). The van der Waals surface area contributed by atoms with Crippen molar-refractivity contribution in [3.63, 3.8) is 0 Å². The van der Waals surface area contributed by atoms with E-state index in [-0.39, 0.29) is 16.2 Å². The zero-order valence-corrected chi connectivity index (χ0v) is 13.0. The first-order valence-electron chi connectivity index (χ1n) is 7.20. The second kappa shape index (κ2) is 6.58. The topological polar surface area (TPSA) is 74.7 Å². The summed E-state index contributed by atoms with van der Waals surface area (Å²) in [7, 11) is -3.43. The van der Waals surface area contributed by atoms with Crippen molar-refractivity contribution in [1.29, 1.82) is 0 Å². The van der Waals surface area contributed by atoms with E-state index in [4.69, 9.17) is 5.11 Å². The lowest BCUT2D eigenvalue weighted by molar-refractivity contribution is 0.0696. The third kappa shape index (κ3) is 3.83. The fraction of sp³-hybridized carbons (Fsp3) is 0.533. The average molecular weight is 311 g/mol. The van der Waals surface area contributed by atoms with Crippen LogP contribution in [-0.4, -0.2) is 49.8 Å². The number of rotatable bonds is 6. The SMILES string of the molecule is Cc1c(C(=O)O)cccc1S(=O)(=O)CCCN1CCCC1. The van der Waals surface area contributed by atoms with Crippen LogP contribution in [-0.2, 0) is 9.84 Å². The van der Waals surface area contributed by atoms with Crippen LogP contribution >= 0.6 is 0 Å². The van der Waals surface area contributed by atoms with Crippen LogP contribution in [0.5, 0.6) is 0 Å². The number of carbonyl (C=O) groups is 1. The smallest absolute Gasteiger partial charge is 0.335 e. The summed E-state index contributed by atoms with van der Waals surface area (Å²) in [5.41, 5.74) is 0.377. The Bertz CT molecular complexity index is 619. The number of carboxylic acid groups (broad SMARTS) is 1. The van der Waals surface area contributed by atoms with Crippen molar-refractivity contribution >= 4 is 15.8 Å². The molecule has 0 spiro atoms. The number of hydrogen-bond donors (Lipinski definition) is 1. The molecule has 1 aliphatic rings. The van der Waals surface area contributed by atoms with E-state index in [0.29, 0.717) is 12.0 Å². The van der Waals surface area contributed by atoms with Gasteiger partial charge in [-0.2, -0.15) is 0 Å². The lowest BCUT2D eigenvalue weighted by atomic mass is 10.1. The van der Waals surface area contributed by atoms with E-state index in [0.717, 1.165) is 19.6 Å². The number of nitrogens with zero attached hydrogens (tertiary/aromatic N) is 1. The number of benzene rings is 1. The van der Waals surface area contributed by atoms with Gasteiger partial charge < -0.3 is 10.0 Å². The molecule has 1 aromatic carbocycles. The largest absolute Gasteiger partial charge is 0.478 e. The second-order valence-corrected chi connectivity index (χ2v) is 7.53.